The summed E-state index contributed by atoms with van der Waals surface area (Å²) in [5.74, 6) is 1.98. The molecule has 0 unspecified atom stereocenters. The highest BCUT2D eigenvalue weighted by molar-refractivity contribution is 7.99. The quantitative estimate of drug-likeness (QED) is 0.545. The van der Waals surface area contributed by atoms with Gasteiger partial charge in [-0.3, -0.25) is 9.36 Å². The number of aromatic nitrogens is 3. The van der Waals surface area contributed by atoms with Gasteiger partial charge in [0, 0.05) is 6.54 Å². The van der Waals surface area contributed by atoms with E-state index < -0.39 is 0 Å². The van der Waals surface area contributed by atoms with Crippen LogP contribution in [0.5, 0.6) is 11.5 Å². The fourth-order valence-electron chi connectivity index (χ4n) is 4.45. The van der Waals surface area contributed by atoms with E-state index in [0.717, 1.165) is 52.9 Å². The minimum atomic E-state index is 0.0659. The van der Waals surface area contributed by atoms with Crippen molar-refractivity contribution in [1.29, 1.82) is 0 Å². The number of benzene rings is 2. The Morgan fingerprint density at radius 2 is 1.97 bits per heavy atom. The largest absolute Gasteiger partial charge is 0.486 e. The molecule has 1 amide bonds. The average molecular weight is 451 g/mol. The van der Waals surface area contributed by atoms with Crippen LogP contribution in [-0.4, -0.2) is 51.1 Å². The Morgan fingerprint density at radius 1 is 1.12 bits per heavy atom. The Balaban J connectivity index is 1.29. The summed E-state index contributed by atoms with van der Waals surface area (Å²) in [6, 6.07) is 12.4. The van der Waals surface area contributed by atoms with Crippen LogP contribution in [-0.2, 0) is 4.79 Å². The lowest BCUT2D eigenvalue weighted by atomic mass is 10.0. The summed E-state index contributed by atoms with van der Waals surface area (Å²) in [6.45, 7) is 6.05. The van der Waals surface area contributed by atoms with Crippen molar-refractivity contribution in [1.82, 2.24) is 19.7 Å². The second-order valence-electron chi connectivity index (χ2n) is 8.21. The Hall–Kier alpha value is -3.00. The molecule has 2 aliphatic rings. The molecule has 8 heteroatoms. The number of ether oxygens (including phenoxy) is 2. The average Bonchev–Trinajstić information content (AvgIpc) is 3.47. The minimum Gasteiger partial charge on any atom is -0.486 e. The van der Waals surface area contributed by atoms with Crippen LogP contribution in [0.3, 0.4) is 0 Å². The van der Waals surface area contributed by atoms with Crippen molar-refractivity contribution in [2.24, 2.45) is 0 Å². The zero-order valence-corrected chi connectivity index (χ0v) is 19.1. The van der Waals surface area contributed by atoms with Gasteiger partial charge in [0.05, 0.1) is 17.5 Å². The third-order valence-corrected chi connectivity index (χ3v) is 6.91. The van der Waals surface area contributed by atoms with Crippen molar-refractivity contribution in [3.63, 3.8) is 0 Å². The summed E-state index contributed by atoms with van der Waals surface area (Å²) in [4.78, 5) is 15.1. The number of carbonyl (C=O) groups is 1. The molecule has 1 saturated heterocycles. The van der Waals surface area contributed by atoms with Crippen molar-refractivity contribution < 1.29 is 14.3 Å². The second kappa shape index (κ2) is 8.86. The summed E-state index contributed by atoms with van der Waals surface area (Å²) in [7, 11) is 0. The van der Waals surface area contributed by atoms with Crippen molar-refractivity contribution in [2.75, 3.05) is 25.5 Å². The first-order chi connectivity index (χ1) is 15.6. The fraction of sp³-hybridized carbons (Fsp3) is 0.375. The maximum absolute atomic E-state index is 13.2. The van der Waals surface area contributed by atoms with E-state index in [1.165, 1.54) is 17.3 Å². The van der Waals surface area contributed by atoms with Gasteiger partial charge < -0.3 is 14.4 Å². The first-order valence-electron chi connectivity index (χ1n) is 10.9. The van der Waals surface area contributed by atoms with Crippen molar-refractivity contribution in [3.8, 4) is 17.2 Å². The van der Waals surface area contributed by atoms with Crippen LogP contribution in [0.1, 0.15) is 35.6 Å². The number of thioether (sulfide) groups is 1. The molecule has 0 radical (unpaired) electrons. The SMILES string of the molecule is Cc1ccc(-n2cnnc2SCC(=O)N2CCC[C@@H]2c2ccc3c(c2)OCCO3)c(C)c1. The Labute approximate surface area is 191 Å². The van der Waals surface area contributed by atoms with Crippen LogP contribution in [0.2, 0.25) is 0 Å². The van der Waals surface area contributed by atoms with Gasteiger partial charge in [0.2, 0.25) is 5.91 Å². The van der Waals surface area contributed by atoms with Gasteiger partial charge in [-0.05, 0) is 56.0 Å². The van der Waals surface area contributed by atoms with E-state index in [2.05, 4.69) is 42.2 Å². The summed E-state index contributed by atoms with van der Waals surface area (Å²) in [6.07, 6.45) is 3.65. The number of likely N-dealkylation sites (tertiary alicyclic amines) is 1. The molecule has 0 bridgehead atoms. The van der Waals surface area contributed by atoms with Crippen LogP contribution >= 0.6 is 11.8 Å². The van der Waals surface area contributed by atoms with Gasteiger partial charge in [0.1, 0.15) is 19.5 Å². The number of carbonyl (C=O) groups excluding carboxylic acids is 1. The number of hydrogen-bond donors (Lipinski definition) is 0. The van der Waals surface area contributed by atoms with Gasteiger partial charge in [0.25, 0.3) is 0 Å². The van der Waals surface area contributed by atoms with Crippen LogP contribution in [0, 0.1) is 13.8 Å². The van der Waals surface area contributed by atoms with Crippen LogP contribution in [0.15, 0.2) is 47.9 Å². The highest BCUT2D eigenvalue weighted by Crippen LogP contribution is 2.38. The molecule has 1 fully saturated rings. The molecule has 5 rings (SSSR count). The molecular weight excluding hydrogens is 424 g/mol. The zero-order valence-electron chi connectivity index (χ0n) is 18.3. The lowest BCUT2D eigenvalue weighted by Gasteiger charge is -2.26. The third-order valence-electron chi connectivity index (χ3n) is 5.98. The smallest absolute Gasteiger partial charge is 0.233 e. The Bertz CT molecular complexity index is 1150. The normalized spacial score (nSPS) is 17.6. The fourth-order valence-corrected chi connectivity index (χ4v) is 5.26. The molecule has 2 aromatic carbocycles. The summed E-state index contributed by atoms with van der Waals surface area (Å²) >= 11 is 1.43. The standard InChI is InChI=1S/C24H26N4O3S/c1-16-5-7-19(17(2)12-16)28-15-25-26-24(28)32-14-23(29)27-9-3-4-20(27)18-6-8-21-22(13-18)31-11-10-30-21/h5-8,12-13,15,20H,3-4,9-11,14H2,1-2H3/t20-/m1/s1. The molecule has 7 nitrogen and oxygen atoms in total. The van der Waals surface area contributed by atoms with Crippen LogP contribution in [0.25, 0.3) is 5.69 Å². The molecule has 3 heterocycles. The highest BCUT2D eigenvalue weighted by atomic mass is 32.2. The number of fused-ring (bicyclic) bond motifs is 1. The Morgan fingerprint density at radius 3 is 2.81 bits per heavy atom. The van der Waals surface area contributed by atoms with E-state index >= 15 is 0 Å². The van der Waals surface area contributed by atoms with Gasteiger partial charge in [-0.15, -0.1) is 10.2 Å². The second-order valence-corrected chi connectivity index (χ2v) is 9.15. The predicted octanol–water partition coefficient (Wildman–Crippen LogP) is 4.11. The molecule has 0 spiro atoms. The number of rotatable bonds is 5. The summed E-state index contributed by atoms with van der Waals surface area (Å²) in [5, 5.41) is 9.06. The number of amides is 1. The first-order valence-corrected chi connectivity index (χ1v) is 11.9. The van der Waals surface area contributed by atoms with Gasteiger partial charge >= 0.3 is 0 Å². The minimum absolute atomic E-state index is 0.0659. The molecule has 0 N–H and O–H groups in total. The summed E-state index contributed by atoms with van der Waals surface area (Å²) < 4.78 is 13.3. The topological polar surface area (TPSA) is 69.5 Å². The number of nitrogens with zero attached hydrogens (tertiary/aromatic N) is 4. The maximum Gasteiger partial charge on any atom is 0.233 e. The van der Waals surface area contributed by atoms with Crippen LogP contribution < -0.4 is 9.47 Å². The molecule has 2 aliphatic heterocycles. The number of aryl methyl sites for hydroxylation is 2. The van der Waals surface area contributed by atoms with E-state index in [1.807, 2.05) is 27.7 Å². The molecular formula is C24H26N4O3S. The van der Waals surface area contributed by atoms with Crippen molar-refractivity contribution in [3.05, 3.63) is 59.4 Å². The lowest BCUT2D eigenvalue weighted by Crippen LogP contribution is -2.32. The van der Waals surface area contributed by atoms with E-state index in [9.17, 15) is 4.79 Å². The van der Waals surface area contributed by atoms with E-state index in [1.54, 1.807) is 6.33 Å². The van der Waals surface area contributed by atoms with E-state index in [4.69, 9.17) is 9.47 Å². The molecule has 1 aromatic heterocycles. The molecule has 166 valence electrons. The molecule has 0 aliphatic carbocycles. The van der Waals surface area contributed by atoms with Gasteiger partial charge in [-0.25, -0.2) is 0 Å². The Kier molecular flexibility index (Phi) is 5.78. The number of hydrogen-bond acceptors (Lipinski definition) is 6. The summed E-state index contributed by atoms with van der Waals surface area (Å²) in [5.41, 5.74) is 4.49. The van der Waals surface area contributed by atoms with E-state index in [-0.39, 0.29) is 11.9 Å². The molecule has 3 aromatic rings. The third kappa shape index (κ3) is 4.07. The molecule has 1 atom stereocenters. The molecule has 32 heavy (non-hydrogen) atoms. The monoisotopic (exact) mass is 450 g/mol. The predicted molar refractivity (Wildman–Crippen MR) is 123 cm³/mol. The van der Waals surface area contributed by atoms with Gasteiger partial charge in [-0.2, -0.15) is 0 Å². The van der Waals surface area contributed by atoms with Crippen LogP contribution in [0.4, 0.5) is 0 Å². The van der Waals surface area contributed by atoms with Gasteiger partial charge in [0.15, 0.2) is 16.7 Å². The molecule has 0 saturated carbocycles. The van der Waals surface area contributed by atoms with Crippen molar-refractivity contribution >= 4 is 17.7 Å². The maximum atomic E-state index is 13.2. The van der Waals surface area contributed by atoms with Gasteiger partial charge in [-0.1, -0.05) is 35.5 Å². The first kappa shape index (κ1) is 20.9. The van der Waals surface area contributed by atoms with E-state index in [0.29, 0.717) is 19.0 Å². The highest BCUT2D eigenvalue weighted by Gasteiger charge is 2.31. The zero-order chi connectivity index (χ0) is 22.1. The van der Waals surface area contributed by atoms with Crippen molar-refractivity contribution in [2.45, 2.75) is 37.9 Å². The lowest BCUT2D eigenvalue weighted by molar-refractivity contribution is -0.129.